The molecule has 2 N–H and O–H groups in total. The molecular formula is C15H18N2OS. The van der Waals surface area contributed by atoms with Crippen molar-refractivity contribution in [1.29, 1.82) is 0 Å². The predicted octanol–water partition coefficient (Wildman–Crippen LogP) is 3.23. The third-order valence-corrected chi connectivity index (χ3v) is 4.51. The monoisotopic (exact) mass is 274 g/mol. The number of fused-ring (bicyclic) bond motifs is 1. The second-order valence-electron chi connectivity index (χ2n) is 5.14. The Labute approximate surface area is 117 Å². The van der Waals surface area contributed by atoms with Crippen LogP contribution in [-0.2, 0) is 4.79 Å². The van der Waals surface area contributed by atoms with Gasteiger partial charge in [0.25, 0.3) is 0 Å². The molecule has 0 aliphatic carbocycles. The average Bonchev–Trinajstić information content (AvgIpc) is 2.87. The van der Waals surface area contributed by atoms with Gasteiger partial charge in [-0.05, 0) is 66.9 Å². The lowest BCUT2D eigenvalue weighted by atomic mass is 9.96. The van der Waals surface area contributed by atoms with Gasteiger partial charge in [-0.25, -0.2) is 0 Å². The number of piperidine rings is 1. The fourth-order valence-electron chi connectivity index (χ4n) is 2.62. The Bertz CT molecular complexity index is 572. The van der Waals surface area contributed by atoms with Crippen LogP contribution in [0.1, 0.15) is 19.3 Å². The maximum Gasteiger partial charge on any atom is 0.224 e. The maximum absolute atomic E-state index is 12.0. The van der Waals surface area contributed by atoms with E-state index in [4.69, 9.17) is 0 Å². The van der Waals surface area contributed by atoms with Gasteiger partial charge < -0.3 is 10.6 Å². The van der Waals surface area contributed by atoms with Crippen LogP contribution in [0.3, 0.4) is 0 Å². The Balaban J connectivity index is 1.61. The van der Waals surface area contributed by atoms with Crippen molar-refractivity contribution in [3.05, 3.63) is 29.6 Å². The van der Waals surface area contributed by atoms with E-state index in [1.807, 2.05) is 12.1 Å². The summed E-state index contributed by atoms with van der Waals surface area (Å²) in [6.07, 6.45) is 2.96. The molecule has 1 saturated heterocycles. The number of anilines is 1. The zero-order chi connectivity index (χ0) is 13.1. The van der Waals surface area contributed by atoms with Gasteiger partial charge in [-0.1, -0.05) is 0 Å². The fraction of sp³-hybridized carbons (Fsp3) is 0.400. The number of carbonyl (C=O) groups excluding carboxylic acids is 1. The molecule has 1 aromatic heterocycles. The summed E-state index contributed by atoms with van der Waals surface area (Å²) >= 11 is 1.72. The van der Waals surface area contributed by atoms with E-state index in [0.29, 0.717) is 12.3 Å². The second-order valence-corrected chi connectivity index (χ2v) is 6.09. The molecule has 0 radical (unpaired) electrons. The van der Waals surface area contributed by atoms with E-state index in [0.717, 1.165) is 25.2 Å². The number of nitrogens with one attached hydrogen (secondary N) is 2. The molecule has 2 aromatic rings. The van der Waals surface area contributed by atoms with Crippen LogP contribution in [0.5, 0.6) is 0 Å². The van der Waals surface area contributed by atoms with Gasteiger partial charge in [0, 0.05) is 16.8 Å². The number of rotatable bonds is 3. The molecule has 100 valence electrons. The first-order valence-corrected chi connectivity index (χ1v) is 7.67. The van der Waals surface area contributed by atoms with E-state index in [1.165, 1.54) is 16.5 Å². The number of hydrogen-bond donors (Lipinski definition) is 2. The van der Waals surface area contributed by atoms with E-state index in [-0.39, 0.29) is 5.91 Å². The predicted molar refractivity (Wildman–Crippen MR) is 80.7 cm³/mol. The van der Waals surface area contributed by atoms with Crippen molar-refractivity contribution in [2.45, 2.75) is 19.3 Å². The Morgan fingerprint density at radius 2 is 2.37 bits per heavy atom. The molecule has 3 nitrogen and oxygen atoms in total. The number of thiophene rings is 1. The summed E-state index contributed by atoms with van der Waals surface area (Å²) in [4.78, 5) is 12.0. The highest BCUT2D eigenvalue weighted by atomic mass is 32.1. The van der Waals surface area contributed by atoms with Crippen molar-refractivity contribution in [2.75, 3.05) is 18.4 Å². The van der Waals surface area contributed by atoms with E-state index >= 15 is 0 Å². The van der Waals surface area contributed by atoms with Crippen LogP contribution in [-0.4, -0.2) is 19.0 Å². The largest absolute Gasteiger partial charge is 0.326 e. The summed E-state index contributed by atoms with van der Waals surface area (Å²) in [5.41, 5.74) is 0.902. The van der Waals surface area contributed by atoms with Crippen LogP contribution in [0.25, 0.3) is 10.1 Å². The standard InChI is InChI=1S/C15H18N2OS/c18-15(8-11-2-1-6-16-10-11)17-13-3-4-14-12(9-13)5-7-19-14/h3-5,7,9,11,16H,1-2,6,8,10H2,(H,17,18). The molecular weight excluding hydrogens is 256 g/mol. The first kappa shape index (κ1) is 12.6. The van der Waals surface area contributed by atoms with Crippen LogP contribution >= 0.6 is 11.3 Å². The van der Waals surface area contributed by atoms with Crippen LogP contribution in [0.15, 0.2) is 29.6 Å². The van der Waals surface area contributed by atoms with Gasteiger partial charge in [0.05, 0.1) is 0 Å². The lowest BCUT2D eigenvalue weighted by Gasteiger charge is -2.22. The Kier molecular flexibility index (Phi) is 3.80. The SMILES string of the molecule is O=C(CC1CCCNC1)Nc1ccc2sccc2c1. The van der Waals surface area contributed by atoms with Crippen molar-refractivity contribution >= 4 is 33.0 Å². The first-order valence-electron chi connectivity index (χ1n) is 6.79. The van der Waals surface area contributed by atoms with Gasteiger partial charge in [0.15, 0.2) is 0 Å². The van der Waals surface area contributed by atoms with E-state index < -0.39 is 0 Å². The normalized spacial score (nSPS) is 19.5. The smallest absolute Gasteiger partial charge is 0.224 e. The lowest BCUT2D eigenvalue weighted by molar-refractivity contribution is -0.117. The Morgan fingerprint density at radius 3 is 3.21 bits per heavy atom. The summed E-state index contributed by atoms with van der Waals surface area (Å²) in [5.74, 6) is 0.613. The summed E-state index contributed by atoms with van der Waals surface area (Å²) in [7, 11) is 0. The molecule has 0 spiro atoms. The van der Waals surface area contributed by atoms with Crippen molar-refractivity contribution in [3.8, 4) is 0 Å². The molecule has 1 aliphatic heterocycles. The molecule has 1 fully saturated rings. The molecule has 2 heterocycles. The van der Waals surface area contributed by atoms with Crippen LogP contribution in [0.2, 0.25) is 0 Å². The summed E-state index contributed by atoms with van der Waals surface area (Å²) in [6, 6.07) is 8.18. The highest BCUT2D eigenvalue weighted by Crippen LogP contribution is 2.24. The van der Waals surface area contributed by atoms with Gasteiger partial charge in [0.2, 0.25) is 5.91 Å². The molecule has 3 rings (SSSR count). The van der Waals surface area contributed by atoms with Gasteiger partial charge >= 0.3 is 0 Å². The quantitative estimate of drug-likeness (QED) is 0.902. The lowest BCUT2D eigenvalue weighted by Crippen LogP contribution is -2.32. The third kappa shape index (κ3) is 3.14. The minimum absolute atomic E-state index is 0.128. The molecule has 1 unspecified atom stereocenters. The molecule has 1 aromatic carbocycles. The molecule has 1 amide bonds. The molecule has 19 heavy (non-hydrogen) atoms. The van der Waals surface area contributed by atoms with Crippen LogP contribution < -0.4 is 10.6 Å². The minimum atomic E-state index is 0.128. The molecule has 0 saturated carbocycles. The molecule has 1 aliphatic rings. The average molecular weight is 274 g/mol. The molecule has 4 heteroatoms. The highest BCUT2D eigenvalue weighted by molar-refractivity contribution is 7.17. The van der Waals surface area contributed by atoms with E-state index in [1.54, 1.807) is 11.3 Å². The minimum Gasteiger partial charge on any atom is -0.326 e. The summed E-state index contributed by atoms with van der Waals surface area (Å²) in [5, 5.41) is 9.63. The van der Waals surface area contributed by atoms with Crippen LogP contribution in [0.4, 0.5) is 5.69 Å². The zero-order valence-electron chi connectivity index (χ0n) is 10.8. The van der Waals surface area contributed by atoms with E-state index in [2.05, 4.69) is 28.1 Å². The van der Waals surface area contributed by atoms with Gasteiger partial charge in [-0.3, -0.25) is 4.79 Å². The fourth-order valence-corrected chi connectivity index (χ4v) is 3.39. The highest BCUT2D eigenvalue weighted by Gasteiger charge is 2.16. The van der Waals surface area contributed by atoms with Crippen molar-refractivity contribution in [1.82, 2.24) is 5.32 Å². The number of benzene rings is 1. The van der Waals surface area contributed by atoms with Gasteiger partial charge in [-0.15, -0.1) is 11.3 Å². The van der Waals surface area contributed by atoms with E-state index in [9.17, 15) is 4.79 Å². The van der Waals surface area contributed by atoms with Crippen molar-refractivity contribution in [3.63, 3.8) is 0 Å². The Morgan fingerprint density at radius 1 is 1.42 bits per heavy atom. The van der Waals surface area contributed by atoms with Gasteiger partial charge in [0.1, 0.15) is 0 Å². The topological polar surface area (TPSA) is 41.1 Å². The number of carbonyl (C=O) groups is 1. The maximum atomic E-state index is 12.0. The Hall–Kier alpha value is -1.39. The zero-order valence-corrected chi connectivity index (χ0v) is 11.6. The van der Waals surface area contributed by atoms with Crippen LogP contribution in [0, 0.1) is 5.92 Å². The molecule has 0 bridgehead atoms. The summed E-state index contributed by atoms with van der Waals surface area (Å²) < 4.78 is 1.26. The van der Waals surface area contributed by atoms with Crippen molar-refractivity contribution in [2.24, 2.45) is 5.92 Å². The van der Waals surface area contributed by atoms with Gasteiger partial charge in [-0.2, -0.15) is 0 Å². The van der Waals surface area contributed by atoms with Crippen molar-refractivity contribution < 1.29 is 4.79 Å². The number of amides is 1. The first-order chi connectivity index (χ1) is 9.31. The third-order valence-electron chi connectivity index (χ3n) is 3.61. The second kappa shape index (κ2) is 5.72. The summed E-state index contributed by atoms with van der Waals surface area (Å²) in [6.45, 7) is 2.06. The molecule has 1 atom stereocenters. The number of hydrogen-bond acceptors (Lipinski definition) is 3.